The molecule has 3 nitrogen and oxygen atoms in total. The molecular formula is C19H31NO2. The molecule has 2 rings (SSSR count). The number of benzene rings is 1. The molecule has 0 aliphatic carbocycles. The van der Waals surface area contributed by atoms with E-state index in [1.807, 2.05) is 0 Å². The summed E-state index contributed by atoms with van der Waals surface area (Å²) in [6, 6.07) is 4.28. The van der Waals surface area contributed by atoms with E-state index >= 15 is 0 Å². The summed E-state index contributed by atoms with van der Waals surface area (Å²) in [4.78, 5) is 2.43. The normalized spacial score (nSPS) is 20.8. The van der Waals surface area contributed by atoms with Crippen LogP contribution in [0.3, 0.4) is 0 Å². The highest BCUT2D eigenvalue weighted by Gasteiger charge is 2.34. The fourth-order valence-corrected chi connectivity index (χ4v) is 3.34. The van der Waals surface area contributed by atoms with E-state index in [0.29, 0.717) is 6.61 Å². The van der Waals surface area contributed by atoms with Gasteiger partial charge in [0.1, 0.15) is 18.5 Å². The van der Waals surface area contributed by atoms with Gasteiger partial charge in [0.15, 0.2) is 0 Å². The SMILES string of the molecule is CCCCN(CCCC)C1COc2c(C)cc(C)cc2C1O. The smallest absolute Gasteiger partial charge is 0.128 e. The van der Waals surface area contributed by atoms with Crippen molar-refractivity contribution in [1.29, 1.82) is 0 Å². The Balaban J connectivity index is 2.20. The van der Waals surface area contributed by atoms with Gasteiger partial charge in [-0.05, 0) is 51.4 Å². The Morgan fingerprint density at radius 2 is 1.77 bits per heavy atom. The molecule has 1 aromatic carbocycles. The number of nitrogens with zero attached hydrogens (tertiary/aromatic N) is 1. The minimum atomic E-state index is -0.448. The van der Waals surface area contributed by atoms with Crippen molar-refractivity contribution >= 4 is 0 Å². The summed E-state index contributed by atoms with van der Waals surface area (Å²) in [5, 5.41) is 10.9. The number of fused-ring (bicyclic) bond motifs is 1. The van der Waals surface area contributed by atoms with Crippen LogP contribution < -0.4 is 4.74 Å². The van der Waals surface area contributed by atoms with Gasteiger partial charge in [-0.3, -0.25) is 4.90 Å². The minimum Gasteiger partial charge on any atom is -0.491 e. The van der Waals surface area contributed by atoms with Crippen LogP contribution in [0.2, 0.25) is 0 Å². The molecule has 0 saturated heterocycles. The van der Waals surface area contributed by atoms with Crippen LogP contribution >= 0.6 is 0 Å². The Bertz CT molecular complexity index is 479. The van der Waals surface area contributed by atoms with Gasteiger partial charge in [0.05, 0.1) is 6.04 Å². The molecule has 1 aliphatic heterocycles. The Morgan fingerprint density at radius 1 is 1.14 bits per heavy atom. The second kappa shape index (κ2) is 7.98. The van der Waals surface area contributed by atoms with E-state index in [9.17, 15) is 5.11 Å². The van der Waals surface area contributed by atoms with E-state index in [2.05, 4.69) is 44.7 Å². The van der Waals surface area contributed by atoms with Crippen LogP contribution in [-0.4, -0.2) is 35.7 Å². The second-order valence-electron chi connectivity index (χ2n) is 6.57. The van der Waals surface area contributed by atoms with E-state index in [1.54, 1.807) is 0 Å². The van der Waals surface area contributed by atoms with Crippen LogP contribution in [0.25, 0.3) is 0 Å². The Kier molecular flexibility index (Phi) is 6.27. The molecule has 1 N–H and O–H groups in total. The largest absolute Gasteiger partial charge is 0.491 e. The van der Waals surface area contributed by atoms with Gasteiger partial charge < -0.3 is 9.84 Å². The molecule has 1 aliphatic rings. The zero-order chi connectivity index (χ0) is 16.1. The lowest BCUT2D eigenvalue weighted by atomic mass is 9.93. The molecule has 0 amide bonds. The Hall–Kier alpha value is -1.06. The van der Waals surface area contributed by atoms with Crippen LogP contribution in [0.5, 0.6) is 5.75 Å². The quantitative estimate of drug-likeness (QED) is 0.826. The predicted octanol–water partition coefficient (Wildman–Crippen LogP) is 4.00. The third-order valence-electron chi connectivity index (χ3n) is 4.60. The summed E-state index contributed by atoms with van der Waals surface area (Å²) in [5.74, 6) is 0.889. The van der Waals surface area contributed by atoms with E-state index in [4.69, 9.17) is 4.74 Å². The summed E-state index contributed by atoms with van der Waals surface area (Å²) < 4.78 is 6.03. The molecule has 0 saturated carbocycles. The minimum absolute atomic E-state index is 0.0757. The summed E-state index contributed by atoms with van der Waals surface area (Å²) in [6.07, 6.45) is 4.26. The molecule has 0 fully saturated rings. The fraction of sp³-hybridized carbons (Fsp3) is 0.684. The lowest BCUT2D eigenvalue weighted by Gasteiger charge is -2.39. The van der Waals surface area contributed by atoms with E-state index in [0.717, 1.165) is 30.0 Å². The highest BCUT2D eigenvalue weighted by molar-refractivity contribution is 5.46. The maximum absolute atomic E-state index is 10.9. The third-order valence-corrected chi connectivity index (χ3v) is 4.60. The molecule has 3 heteroatoms. The maximum atomic E-state index is 10.9. The van der Waals surface area contributed by atoms with Crippen LogP contribution in [0.15, 0.2) is 12.1 Å². The number of unbranched alkanes of at least 4 members (excludes halogenated alkanes) is 2. The first-order chi connectivity index (χ1) is 10.6. The Labute approximate surface area is 135 Å². The van der Waals surface area contributed by atoms with Gasteiger partial charge in [-0.2, -0.15) is 0 Å². The molecule has 0 aromatic heterocycles. The first-order valence-electron chi connectivity index (χ1n) is 8.74. The van der Waals surface area contributed by atoms with Crippen molar-refractivity contribution in [1.82, 2.24) is 4.90 Å². The lowest BCUT2D eigenvalue weighted by molar-refractivity contribution is 0.00180. The second-order valence-corrected chi connectivity index (χ2v) is 6.57. The molecular weight excluding hydrogens is 274 g/mol. The highest BCUT2D eigenvalue weighted by atomic mass is 16.5. The van der Waals surface area contributed by atoms with E-state index in [-0.39, 0.29) is 6.04 Å². The van der Waals surface area contributed by atoms with Crippen molar-refractivity contribution in [3.05, 3.63) is 28.8 Å². The summed E-state index contributed by atoms with van der Waals surface area (Å²) in [6.45, 7) is 11.2. The molecule has 1 aromatic rings. The van der Waals surface area contributed by atoms with Crippen molar-refractivity contribution in [2.45, 2.75) is 65.5 Å². The van der Waals surface area contributed by atoms with Gasteiger partial charge in [-0.1, -0.05) is 38.3 Å². The summed E-state index contributed by atoms with van der Waals surface area (Å²) in [5.41, 5.74) is 3.28. The lowest BCUT2D eigenvalue weighted by Crippen LogP contribution is -2.47. The number of aliphatic hydroxyl groups is 1. The van der Waals surface area contributed by atoms with Crippen LogP contribution in [0.1, 0.15) is 62.3 Å². The number of hydrogen-bond acceptors (Lipinski definition) is 3. The highest BCUT2D eigenvalue weighted by Crippen LogP contribution is 2.37. The monoisotopic (exact) mass is 305 g/mol. The van der Waals surface area contributed by atoms with Gasteiger partial charge in [0, 0.05) is 5.56 Å². The van der Waals surface area contributed by atoms with Crippen molar-refractivity contribution < 1.29 is 9.84 Å². The number of rotatable bonds is 7. The van der Waals surface area contributed by atoms with Crippen molar-refractivity contribution in [3.8, 4) is 5.75 Å². The summed E-state index contributed by atoms with van der Waals surface area (Å²) in [7, 11) is 0. The number of aryl methyl sites for hydroxylation is 2. The van der Waals surface area contributed by atoms with Crippen LogP contribution in [0.4, 0.5) is 0 Å². The first kappa shape index (κ1) is 17.3. The van der Waals surface area contributed by atoms with Gasteiger partial charge in [-0.25, -0.2) is 0 Å². The van der Waals surface area contributed by atoms with Gasteiger partial charge in [0.25, 0.3) is 0 Å². The van der Waals surface area contributed by atoms with Gasteiger partial charge in [0.2, 0.25) is 0 Å². The zero-order valence-corrected chi connectivity index (χ0v) is 14.6. The van der Waals surface area contributed by atoms with Gasteiger partial charge in [-0.15, -0.1) is 0 Å². The predicted molar refractivity (Wildman–Crippen MR) is 91.5 cm³/mol. The van der Waals surface area contributed by atoms with Crippen molar-refractivity contribution in [2.75, 3.05) is 19.7 Å². The number of aliphatic hydroxyl groups excluding tert-OH is 1. The molecule has 0 spiro atoms. The molecule has 2 unspecified atom stereocenters. The molecule has 0 bridgehead atoms. The fourth-order valence-electron chi connectivity index (χ4n) is 3.34. The van der Waals surface area contributed by atoms with E-state index < -0.39 is 6.10 Å². The topological polar surface area (TPSA) is 32.7 Å². The molecule has 22 heavy (non-hydrogen) atoms. The van der Waals surface area contributed by atoms with Crippen molar-refractivity contribution in [2.24, 2.45) is 0 Å². The average molecular weight is 305 g/mol. The van der Waals surface area contributed by atoms with Gasteiger partial charge >= 0.3 is 0 Å². The summed E-state index contributed by atoms with van der Waals surface area (Å²) >= 11 is 0. The standard InChI is InChI=1S/C19H31NO2/c1-5-7-9-20(10-8-6-2)17-13-22-19-15(4)11-14(3)12-16(19)18(17)21/h11-12,17-18,21H,5-10,13H2,1-4H3. The van der Waals surface area contributed by atoms with Crippen molar-refractivity contribution in [3.63, 3.8) is 0 Å². The molecule has 1 heterocycles. The van der Waals surface area contributed by atoms with E-state index in [1.165, 1.54) is 31.2 Å². The number of hydrogen-bond donors (Lipinski definition) is 1. The van der Waals surface area contributed by atoms with Crippen LogP contribution in [0, 0.1) is 13.8 Å². The van der Waals surface area contributed by atoms with Crippen LogP contribution in [-0.2, 0) is 0 Å². The average Bonchev–Trinajstić information content (AvgIpc) is 2.49. The first-order valence-corrected chi connectivity index (χ1v) is 8.74. The molecule has 2 atom stereocenters. The molecule has 0 radical (unpaired) electrons. The number of ether oxygens (including phenoxy) is 1. The third kappa shape index (κ3) is 3.82. The molecule has 124 valence electrons. The maximum Gasteiger partial charge on any atom is 0.128 e. The Morgan fingerprint density at radius 3 is 2.36 bits per heavy atom. The zero-order valence-electron chi connectivity index (χ0n) is 14.6.